The predicted octanol–water partition coefficient (Wildman–Crippen LogP) is -1.86. The Morgan fingerprint density at radius 2 is 1.73 bits per heavy atom. The number of aliphatic hydroxyl groups excluding tert-OH is 1. The van der Waals surface area contributed by atoms with Crippen molar-refractivity contribution in [1.29, 1.82) is 0 Å². The van der Waals surface area contributed by atoms with Crippen molar-refractivity contribution in [2.45, 2.75) is 19.1 Å². The molecule has 0 aromatic rings. The smallest absolute Gasteiger partial charge is 0.407 e. The molecule has 0 aromatic heterocycles. The molecule has 152 valence electrons. The summed E-state index contributed by atoms with van der Waals surface area (Å²) >= 11 is 0. The summed E-state index contributed by atoms with van der Waals surface area (Å²) in [6, 6.07) is 0. The van der Waals surface area contributed by atoms with Crippen LogP contribution >= 0.6 is 0 Å². The molecule has 0 aliphatic carbocycles. The number of aliphatic hydroxyl groups is 1. The van der Waals surface area contributed by atoms with Gasteiger partial charge in [-0.05, 0) is 21.0 Å². The summed E-state index contributed by atoms with van der Waals surface area (Å²) in [5, 5.41) is 24.1. The molecule has 0 aromatic carbocycles. The van der Waals surface area contributed by atoms with E-state index >= 15 is 0 Å². The summed E-state index contributed by atoms with van der Waals surface area (Å²) < 4.78 is 10.2. The summed E-state index contributed by atoms with van der Waals surface area (Å²) in [4.78, 5) is 22.9. The fourth-order valence-corrected chi connectivity index (χ4v) is 1.86. The molecule has 2 unspecified atom stereocenters. The van der Waals surface area contributed by atoms with E-state index in [4.69, 9.17) is 9.47 Å². The van der Waals surface area contributed by atoms with Gasteiger partial charge in [-0.2, -0.15) is 0 Å². The fraction of sp³-hybridized carbons (Fsp3) is 0.750. The summed E-state index contributed by atoms with van der Waals surface area (Å²) in [7, 11) is 3.54. The Morgan fingerprint density at radius 1 is 1.08 bits per heavy atom. The molecule has 0 radical (unpaired) electrons. The number of carbonyl (C=O) groups is 2. The highest BCUT2D eigenvalue weighted by molar-refractivity contribution is 5.86. The number of likely N-dealkylation sites (N-methyl/N-ethyl adjacent to an activating group) is 2. The van der Waals surface area contributed by atoms with Gasteiger partial charge in [-0.15, -0.1) is 0 Å². The molecule has 26 heavy (non-hydrogen) atoms. The van der Waals surface area contributed by atoms with Gasteiger partial charge >= 0.3 is 12.1 Å². The SMILES string of the molecule is C=C(C)C(=O)OCCNC(=O)OC(CNC)CNCNCC(O)CNC. The lowest BCUT2D eigenvalue weighted by Gasteiger charge is -2.19. The van der Waals surface area contributed by atoms with Crippen LogP contribution in [0, 0.1) is 0 Å². The standard InChI is InChI=1S/C16H33N5O5/c1-12(2)15(23)25-6-5-21-16(24)26-14(9-18-4)10-20-11-19-8-13(22)7-17-3/h13-14,17-20,22H,1,5-11H2,2-4H3,(H,21,24). The lowest BCUT2D eigenvalue weighted by Crippen LogP contribution is -2.44. The van der Waals surface area contributed by atoms with E-state index in [1.54, 1.807) is 21.0 Å². The molecule has 0 aliphatic rings. The third-order valence-corrected chi connectivity index (χ3v) is 3.10. The van der Waals surface area contributed by atoms with Crippen molar-refractivity contribution >= 4 is 12.1 Å². The van der Waals surface area contributed by atoms with E-state index in [1.165, 1.54) is 0 Å². The number of rotatable bonds is 15. The van der Waals surface area contributed by atoms with E-state index in [2.05, 4.69) is 33.2 Å². The average Bonchev–Trinajstić information content (AvgIpc) is 2.58. The van der Waals surface area contributed by atoms with Gasteiger partial charge in [0.25, 0.3) is 0 Å². The van der Waals surface area contributed by atoms with Crippen LogP contribution in [0.15, 0.2) is 12.2 Å². The van der Waals surface area contributed by atoms with E-state index in [0.717, 1.165) is 0 Å². The van der Waals surface area contributed by atoms with Crippen LogP contribution in [0.2, 0.25) is 0 Å². The van der Waals surface area contributed by atoms with Crippen molar-refractivity contribution in [1.82, 2.24) is 26.6 Å². The van der Waals surface area contributed by atoms with Gasteiger partial charge in [0.1, 0.15) is 12.7 Å². The number of amides is 1. The fourth-order valence-electron chi connectivity index (χ4n) is 1.86. The van der Waals surface area contributed by atoms with Crippen molar-refractivity contribution in [3.63, 3.8) is 0 Å². The lowest BCUT2D eigenvalue weighted by molar-refractivity contribution is -0.138. The number of carbonyl (C=O) groups excluding carboxylic acids is 2. The van der Waals surface area contributed by atoms with Crippen LogP contribution < -0.4 is 26.6 Å². The van der Waals surface area contributed by atoms with Gasteiger partial charge in [0, 0.05) is 38.4 Å². The quantitative estimate of drug-likeness (QED) is 0.0843. The molecule has 0 aliphatic heterocycles. The third kappa shape index (κ3) is 13.6. The third-order valence-electron chi connectivity index (χ3n) is 3.10. The van der Waals surface area contributed by atoms with Crippen molar-refractivity contribution in [2.75, 3.05) is 60.1 Å². The molecule has 0 spiro atoms. The maximum Gasteiger partial charge on any atom is 0.407 e. The van der Waals surface area contributed by atoms with E-state index in [1.807, 2.05) is 0 Å². The second kappa shape index (κ2) is 15.5. The van der Waals surface area contributed by atoms with Crippen LogP contribution in [0.5, 0.6) is 0 Å². The summed E-state index contributed by atoms with van der Waals surface area (Å²) in [6.07, 6.45) is -1.42. The predicted molar refractivity (Wildman–Crippen MR) is 98.8 cm³/mol. The Morgan fingerprint density at radius 3 is 2.35 bits per heavy atom. The van der Waals surface area contributed by atoms with Crippen LogP contribution in [-0.4, -0.2) is 89.5 Å². The number of alkyl carbamates (subject to hydrolysis) is 1. The van der Waals surface area contributed by atoms with Crippen molar-refractivity contribution in [3.05, 3.63) is 12.2 Å². The molecular formula is C16H33N5O5. The van der Waals surface area contributed by atoms with E-state index in [9.17, 15) is 14.7 Å². The monoisotopic (exact) mass is 375 g/mol. The molecule has 0 saturated heterocycles. The topological polar surface area (TPSA) is 133 Å². The van der Waals surface area contributed by atoms with Gasteiger partial charge in [-0.25, -0.2) is 9.59 Å². The Bertz CT molecular complexity index is 422. The first kappa shape index (κ1) is 24.3. The van der Waals surface area contributed by atoms with Gasteiger partial charge in [0.15, 0.2) is 0 Å². The molecule has 0 fully saturated rings. The van der Waals surface area contributed by atoms with Crippen molar-refractivity contribution in [2.24, 2.45) is 0 Å². The van der Waals surface area contributed by atoms with Gasteiger partial charge in [0.2, 0.25) is 0 Å². The zero-order chi connectivity index (χ0) is 19.8. The van der Waals surface area contributed by atoms with Crippen molar-refractivity contribution < 1.29 is 24.2 Å². The van der Waals surface area contributed by atoms with Crippen LogP contribution in [-0.2, 0) is 14.3 Å². The van der Waals surface area contributed by atoms with Gasteiger partial charge in [-0.3, -0.25) is 0 Å². The largest absolute Gasteiger partial charge is 0.460 e. The van der Waals surface area contributed by atoms with Crippen LogP contribution in [0.3, 0.4) is 0 Å². The average molecular weight is 375 g/mol. The Labute approximate surface area is 155 Å². The van der Waals surface area contributed by atoms with E-state index < -0.39 is 18.2 Å². The number of ether oxygens (including phenoxy) is 2. The lowest BCUT2D eigenvalue weighted by atomic mass is 10.3. The van der Waals surface area contributed by atoms with E-state index in [-0.39, 0.29) is 19.3 Å². The summed E-state index contributed by atoms with van der Waals surface area (Å²) in [5.74, 6) is -0.496. The van der Waals surface area contributed by atoms with Gasteiger partial charge in [-0.1, -0.05) is 6.58 Å². The first-order valence-corrected chi connectivity index (χ1v) is 8.56. The van der Waals surface area contributed by atoms with Crippen LogP contribution in [0.4, 0.5) is 4.79 Å². The first-order valence-electron chi connectivity index (χ1n) is 8.56. The minimum absolute atomic E-state index is 0.0502. The number of esters is 1. The van der Waals surface area contributed by atoms with Gasteiger partial charge < -0.3 is 41.2 Å². The van der Waals surface area contributed by atoms with Crippen LogP contribution in [0.1, 0.15) is 6.92 Å². The number of nitrogens with one attached hydrogen (secondary N) is 5. The molecule has 10 nitrogen and oxygen atoms in total. The molecule has 1 amide bonds. The molecule has 0 rings (SSSR count). The number of hydrogen-bond acceptors (Lipinski definition) is 9. The highest BCUT2D eigenvalue weighted by Gasteiger charge is 2.13. The molecular weight excluding hydrogens is 342 g/mol. The highest BCUT2D eigenvalue weighted by Crippen LogP contribution is 1.92. The van der Waals surface area contributed by atoms with Crippen LogP contribution in [0.25, 0.3) is 0 Å². The molecule has 0 saturated carbocycles. The maximum absolute atomic E-state index is 11.8. The molecule has 6 N–H and O–H groups in total. The Kier molecular flexibility index (Phi) is 14.5. The molecule has 2 atom stereocenters. The number of hydrogen-bond donors (Lipinski definition) is 6. The normalized spacial score (nSPS) is 12.9. The second-order valence-corrected chi connectivity index (χ2v) is 5.72. The zero-order valence-corrected chi connectivity index (χ0v) is 15.9. The first-order chi connectivity index (χ1) is 12.4. The maximum atomic E-state index is 11.8. The minimum atomic E-state index is -0.587. The summed E-state index contributed by atoms with van der Waals surface area (Å²) in [6.45, 7) is 7.58. The molecule has 0 heterocycles. The minimum Gasteiger partial charge on any atom is -0.460 e. The second-order valence-electron chi connectivity index (χ2n) is 5.72. The van der Waals surface area contributed by atoms with E-state index in [0.29, 0.717) is 38.4 Å². The van der Waals surface area contributed by atoms with Gasteiger partial charge in [0.05, 0.1) is 12.6 Å². The molecule has 10 heteroatoms. The summed E-state index contributed by atoms with van der Waals surface area (Å²) in [5.41, 5.74) is 0.305. The van der Waals surface area contributed by atoms with Crippen molar-refractivity contribution in [3.8, 4) is 0 Å². The molecule has 0 bridgehead atoms. The Balaban J connectivity index is 3.90. The zero-order valence-electron chi connectivity index (χ0n) is 15.9. The highest BCUT2D eigenvalue weighted by atomic mass is 16.6. The Hall–Kier alpha value is -1.72.